The largest absolute Gasteiger partial charge is 0.370 e. The quantitative estimate of drug-likeness (QED) is 0.567. The first-order valence-electron chi connectivity index (χ1n) is 5.56. The third-order valence-electron chi connectivity index (χ3n) is 2.39. The van der Waals surface area contributed by atoms with E-state index in [-0.39, 0.29) is 5.78 Å². The monoisotopic (exact) mass is 252 g/mol. The lowest BCUT2D eigenvalue weighted by Gasteiger charge is -2.12. The standard InChI is InChI=1S/C14H17ClO2/c1-10(2)8-9-17-11(3)14(16)12-4-6-13(15)7-5-12/h4-7,11H,1,8-9H2,2-3H3. The zero-order valence-corrected chi connectivity index (χ0v) is 11.0. The second-order valence-electron chi connectivity index (χ2n) is 4.09. The van der Waals surface area contributed by atoms with Crippen LogP contribution in [-0.4, -0.2) is 18.5 Å². The Labute approximate surface area is 107 Å². The van der Waals surface area contributed by atoms with Gasteiger partial charge in [-0.05, 0) is 44.5 Å². The van der Waals surface area contributed by atoms with Crippen LogP contribution in [-0.2, 0) is 4.74 Å². The van der Waals surface area contributed by atoms with Crippen molar-refractivity contribution in [1.29, 1.82) is 0 Å². The minimum absolute atomic E-state index is 0.0246. The molecule has 0 amide bonds. The van der Waals surface area contributed by atoms with Crippen molar-refractivity contribution in [2.75, 3.05) is 6.61 Å². The van der Waals surface area contributed by atoms with Gasteiger partial charge in [0, 0.05) is 10.6 Å². The Hall–Kier alpha value is -1.12. The van der Waals surface area contributed by atoms with Gasteiger partial charge < -0.3 is 4.74 Å². The van der Waals surface area contributed by atoms with Gasteiger partial charge in [-0.1, -0.05) is 17.2 Å². The summed E-state index contributed by atoms with van der Waals surface area (Å²) in [6, 6.07) is 6.83. The Morgan fingerprint density at radius 3 is 2.53 bits per heavy atom. The fourth-order valence-corrected chi connectivity index (χ4v) is 1.46. The van der Waals surface area contributed by atoms with E-state index in [2.05, 4.69) is 6.58 Å². The molecule has 17 heavy (non-hydrogen) atoms. The van der Waals surface area contributed by atoms with Gasteiger partial charge >= 0.3 is 0 Å². The van der Waals surface area contributed by atoms with Crippen molar-refractivity contribution in [3.63, 3.8) is 0 Å². The van der Waals surface area contributed by atoms with E-state index in [1.165, 1.54) is 0 Å². The van der Waals surface area contributed by atoms with Crippen LogP contribution < -0.4 is 0 Å². The number of hydrogen-bond acceptors (Lipinski definition) is 2. The van der Waals surface area contributed by atoms with Crippen molar-refractivity contribution in [2.24, 2.45) is 0 Å². The van der Waals surface area contributed by atoms with Gasteiger partial charge in [-0.3, -0.25) is 4.79 Å². The summed E-state index contributed by atoms with van der Waals surface area (Å²) in [6.45, 7) is 8.01. The van der Waals surface area contributed by atoms with Crippen LogP contribution in [0.2, 0.25) is 5.02 Å². The third kappa shape index (κ3) is 4.72. The second-order valence-corrected chi connectivity index (χ2v) is 4.53. The van der Waals surface area contributed by atoms with Gasteiger partial charge in [0.05, 0.1) is 6.61 Å². The summed E-state index contributed by atoms with van der Waals surface area (Å²) in [5.74, 6) is -0.0246. The number of ketones is 1. The molecule has 2 nitrogen and oxygen atoms in total. The molecule has 0 spiro atoms. The second kappa shape index (κ2) is 6.58. The Morgan fingerprint density at radius 1 is 1.41 bits per heavy atom. The average molecular weight is 253 g/mol. The molecule has 0 heterocycles. The Kier molecular flexibility index (Phi) is 5.39. The predicted octanol–water partition coefficient (Wildman–Crippen LogP) is 3.89. The normalized spacial score (nSPS) is 12.2. The van der Waals surface area contributed by atoms with Crippen LogP contribution in [0.5, 0.6) is 0 Å². The highest BCUT2D eigenvalue weighted by Gasteiger charge is 2.15. The fourth-order valence-electron chi connectivity index (χ4n) is 1.33. The predicted molar refractivity (Wildman–Crippen MR) is 70.6 cm³/mol. The summed E-state index contributed by atoms with van der Waals surface area (Å²) in [6.07, 6.45) is 0.341. The van der Waals surface area contributed by atoms with E-state index in [1.807, 2.05) is 6.92 Å². The van der Waals surface area contributed by atoms with Crippen LogP contribution in [0, 0.1) is 0 Å². The van der Waals surface area contributed by atoms with Gasteiger partial charge in [0.2, 0.25) is 0 Å². The first kappa shape index (κ1) is 13.9. The lowest BCUT2D eigenvalue weighted by atomic mass is 10.1. The molecule has 1 unspecified atom stereocenters. The molecule has 0 radical (unpaired) electrons. The van der Waals surface area contributed by atoms with Crippen LogP contribution >= 0.6 is 11.6 Å². The summed E-state index contributed by atoms with van der Waals surface area (Å²) in [5, 5.41) is 0.623. The van der Waals surface area contributed by atoms with Gasteiger partial charge in [-0.2, -0.15) is 0 Å². The Morgan fingerprint density at radius 2 is 2.00 bits per heavy atom. The van der Waals surface area contributed by atoms with Crippen molar-refractivity contribution < 1.29 is 9.53 Å². The molecule has 1 rings (SSSR count). The smallest absolute Gasteiger partial charge is 0.191 e. The maximum absolute atomic E-state index is 11.9. The molecule has 0 N–H and O–H groups in total. The molecule has 0 aliphatic heterocycles. The van der Waals surface area contributed by atoms with Gasteiger partial charge in [-0.25, -0.2) is 0 Å². The SMILES string of the molecule is C=C(C)CCOC(C)C(=O)c1ccc(Cl)cc1. The molecule has 0 fully saturated rings. The molecule has 0 bridgehead atoms. The number of hydrogen-bond donors (Lipinski definition) is 0. The Bertz CT molecular complexity index is 395. The molecule has 1 aromatic rings. The molecule has 1 atom stereocenters. The highest BCUT2D eigenvalue weighted by Crippen LogP contribution is 2.12. The maximum Gasteiger partial charge on any atom is 0.191 e. The van der Waals surface area contributed by atoms with Crippen molar-refractivity contribution in [3.8, 4) is 0 Å². The van der Waals surface area contributed by atoms with Crippen molar-refractivity contribution >= 4 is 17.4 Å². The summed E-state index contributed by atoms with van der Waals surface area (Å²) >= 11 is 5.76. The molecule has 0 aromatic heterocycles. The van der Waals surface area contributed by atoms with E-state index in [9.17, 15) is 4.79 Å². The summed E-state index contributed by atoms with van der Waals surface area (Å²) in [5.41, 5.74) is 1.67. The van der Waals surface area contributed by atoms with E-state index in [0.29, 0.717) is 17.2 Å². The van der Waals surface area contributed by atoms with Crippen molar-refractivity contribution in [3.05, 3.63) is 47.0 Å². The molecular weight excluding hydrogens is 236 g/mol. The van der Waals surface area contributed by atoms with Gasteiger partial charge in [0.25, 0.3) is 0 Å². The molecule has 0 saturated heterocycles. The number of rotatable bonds is 6. The van der Waals surface area contributed by atoms with Crippen molar-refractivity contribution in [1.82, 2.24) is 0 Å². The number of benzene rings is 1. The molecule has 0 saturated carbocycles. The van der Waals surface area contributed by atoms with Crippen LogP contribution in [0.4, 0.5) is 0 Å². The molecule has 3 heteroatoms. The highest BCUT2D eigenvalue weighted by molar-refractivity contribution is 6.30. The van der Waals surface area contributed by atoms with Gasteiger partial charge in [-0.15, -0.1) is 6.58 Å². The zero-order valence-electron chi connectivity index (χ0n) is 10.2. The lowest BCUT2D eigenvalue weighted by molar-refractivity contribution is 0.0487. The van der Waals surface area contributed by atoms with E-state index >= 15 is 0 Å². The average Bonchev–Trinajstić information content (AvgIpc) is 2.28. The topological polar surface area (TPSA) is 26.3 Å². The number of halogens is 1. The van der Waals surface area contributed by atoms with Crippen LogP contribution in [0.15, 0.2) is 36.4 Å². The van der Waals surface area contributed by atoms with Gasteiger partial charge in [0.1, 0.15) is 6.10 Å². The van der Waals surface area contributed by atoms with E-state index in [1.54, 1.807) is 31.2 Å². The van der Waals surface area contributed by atoms with Gasteiger partial charge in [0.15, 0.2) is 5.78 Å². The van der Waals surface area contributed by atoms with Crippen LogP contribution in [0.25, 0.3) is 0 Å². The molecular formula is C14H17ClO2. The molecule has 92 valence electrons. The fraction of sp³-hybridized carbons (Fsp3) is 0.357. The zero-order chi connectivity index (χ0) is 12.8. The van der Waals surface area contributed by atoms with E-state index < -0.39 is 6.10 Å². The Balaban J connectivity index is 2.51. The number of Topliss-reactive ketones (excluding diaryl/α,β-unsaturated/α-hetero) is 1. The van der Waals surface area contributed by atoms with Crippen LogP contribution in [0.1, 0.15) is 30.6 Å². The minimum Gasteiger partial charge on any atom is -0.370 e. The van der Waals surface area contributed by atoms with Crippen LogP contribution in [0.3, 0.4) is 0 Å². The minimum atomic E-state index is -0.435. The lowest BCUT2D eigenvalue weighted by Crippen LogP contribution is -2.21. The number of carbonyl (C=O) groups excluding carboxylic acids is 1. The summed E-state index contributed by atoms with van der Waals surface area (Å²) < 4.78 is 5.46. The molecule has 0 aliphatic carbocycles. The first-order valence-corrected chi connectivity index (χ1v) is 5.94. The van der Waals surface area contributed by atoms with E-state index in [0.717, 1.165) is 12.0 Å². The third-order valence-corrected chi connectivity index (χ3v) is 2.65. The number of ether oxygens (including phenoxy) is 1. The van der Waals surface area contributed by atoms with E-state index in [4.69, 9.17) is 16.3 Å². The maximum atomic E-state index is 11.9. The van der Waals surface area contributed by atoms with Crippen molar-refractivity contribution in [2.45, 2.75) is 26.4 Å². The number of carbonyl (C=O) groups is 1. The first-order chi connectivity index (χ1) is 8.00. The highest BCUT2D eigenvalue weighted by atomic mass is 35.5. The molecule has 0 aliphatic rings. The summed E-state index contributed by atoms with van der Waals surface area (Å²) in [7, 11) is 0. The summed E-state index contributed by atoms with van der Waals surface area (Å²) in [4.78, 5) is 11.9. The molecule has 1 aromatic carbocycles.